The number of aliphatic imine (C=N–C) groups is 1. The van der Waals surface area contributed by atoms with Crippen LogP contribution >= 0.6 is 11.6 Å². The minimum atomic E-state index is -0.907. The van der Waals surface area contributed by atoms with Crippen LogP contribution in [0.2, 0.25) is 5.02 Å². The van der Waals surface area contributed by atoms with Crippen LogP contribution in [0.5, 0.6) is 0 Å². The molecular formula is C31H21ClN2O2. The number of hydrogen-bond acceptors (Lipinski definition) is 3. The molecule has 1 fully saturated rings. The third-order valence-electron chi connectivity index (χ3n) is 7.96. The van der Waals surface area contributed by atoms with Gasteiger partial charge in [-0.3, -0.25) is 14.6 Å². The fourth-order valence-corrected chi connectivity index (χ4v) is 6.71. The molecule has 5 heteroatoms. The summed E-state index contributed by atoms with van der Waals surface area (Å²) in [5, 5.41) is 0.380. The van der Waals surface area contributed by atoms with Gasteiger partial charge in [-0.2, -0.15) is 0 Å². The highest BCUT2D eigenvalue weighted by atomic mass is 35.5. The predicted molar refractivity (Wildman–Crippen MR) is 141 cm³/mol. The first-order valence-corrected chi connectivity index (χ1v) is 12.4. The van der Waals surface area contributed by atoms with Gasteiger partial charge < -0.3 is 0 Å². The van der Waals surface area contributed by atoms with Crippen molar-refractivity contribution in [3.63, 3.8) is 0 Å². The lowest BCUT2D eigenvalue weighted by molar-refractivity contribution is -0.122. The van der Waals surface area contributed by atoms with Crippen molar-refractivity contribution in [3.05, 3.63) is 130 Å². The summed E-state index contributed by atoms with van der Waals surface area (Å²) in [5.74, 6) is -1.89. The molecule has 4 atom stereocenters. The Labute approximate surface area is 213 Å². The van der Waals surface area contributed by atoms with E-state index in [-0.39, 0.29) is 17.7 Å². The van der Waals surface area contributed by atoms with E-state index in [0.717, 1.165) is 27.9 Å². The van der Waals surface area contributed by atoms with Gasteiger partial charge in [0.2, 0.25) is 11.8 Å². The standard InChI is InChI=1S/C31H21ClN2O2/c32-24-12-6-7-13-25(24)34-29(35)27-26-19-14-16-20(17-15-19)31(28(27)30(34)36,23-11-5-4-10-22(23)26)18-33-21-8-2-1-3-9-21/h1-18,26-28H/t26-,27+,28-,31-/m0/s1. The largest absolute Gasteiger partial charge is 0.274 e. The fourth-order valence-electron chi connectivity index (χ4n) is 6.49. The Morgan fingerprint density at radius 2 is 1.47 bits per heavy atom. The number of anilines is 1. The summed E-state index contributed by atoms with van der Waals surface area (Å²) in [6, 6.07) is 33.3. The first-order valence-electron chi connectivity index (χ1n) is 12.0. The number of rotatable bonds is 3. The Bertz CT molecular complexity index is 1560. The van der Waals surface area contributed by atoms with Crippen LogP contribution in [0.25, 0.3) is 0 Å². The van der Waals surface area contributed by atoms with Gasteiger partial charge in [-0.05, 0) is 46.5 Å². The lowest BCUT2D eigenvalue weighted by Crippen LogP contribution is -2.51. The van der Waals surface area contributed by atoms with Crippen LogP contribution in [0, 0.1) is 11.8 Å². The number of halogens is 1. The predicted octanol–water partition coefficient (Wildman–Crippen LogP) is 6.29. The van der Waals surface area contributed by atoms with Crippen molar-refractivity contribution in [2.75, 3.05) is 4.90 Å². The van der Waals surface area contributed by atoms with Gasteiger partial charge in [0, 0.05) is 12.1 Å². The summed E-state index contributed by atoms with van der Waals surface area (Å²) in [4.78, 5) is 34.8. The smallest absolute Gasteiger partial charge is 0.239 e. The maximum atomic E-state index is 14.4. The minimum absolute atomic E-state index is 0.211. The van der Waals surface area contributed by atoms with Crippen molar-refractivity contribution < 1.29 is 9.59 Å². The molecule has 174 valence electrons. The Morgan fingerprint density at radius 1 is 0.778 bits per heavy atom. The van der Waals surface area contributed by atoms with Gasteiger partial charge in [0.15, 0.2) is 0 Å². The van der Waals surface area contributed by atoms with Gasteiger partial charge in [-0.25, -0.2) is 4.90 Å². The summed E-state index contributed by atoms with van der Waals surface area (Å²) < 4.78 is 0. The normalized spacial score (nSPS) is 25.7. The van der Waals surface area contributed by atoms with Gasteiger partial charge in [0.1, 0.15) is 0 Å². The molecule has 1 aliphatic heterocycles. The molecule has 10 rings (SSSR count). The topological polar surface area (TPSA) is 49.7 Å². The van der Waals surface area contributed by atoms with Crippen LogP contribution in [0.1, 0.15) is 28.2 Å². The van der Waals surface area contributed by atoms with E-state index in [1.165, 1.54) is 4.90 Å². The van der Waals surface area contributed by atoms with E-state index in [4.69, 9.17) is 16.6 Å². The van der Waals surface area contributed by atoms with Crippen LogP contribution in [-0.2, 0) is 15.0 Å². The molecular weight excluding hydrogens is 468 g/mol. The Hall–Kier alpha value is -4.02. The third-order valence-corrected chi connectivity index (χ3v) is 8.28. The van der Waals surface area contributed by atoms with Gasteiger partial charge in [-0.15, -0.1) is 0 Å². The second-order valence-electron chi connectivity index (χ2n) is 9.62. The molecule has 5 aliphatic carbocycles. The van der Waals surface area contributed by atoms with Gasteiger partial charge >= 0.3 is 0 Å². The van der Waals surface area contributed by atoms with E-state index in [0.29, 0.717) is 10.7 Å². The van der Waals surface area contributed by atoms with Crippen molar-refractivity contribution in [1.82, 2.24) is 0 Å². The lowest BCUT2D eigenvalue weighted by Gasteiger charge is -2.48. The molecule has 36 heavy (non-hydrogen) atoms. The van der Waals surface area contributed by atoms with Crippen molar-refractivity contribution >= 4 is 41.0 Å². The van der Waals surface area contributed by atoms with Crippen LogP contribution in [0.3, 0.4) is 0 Å². The molecule has 1 saturated heterocycles. The highest BCUT2D eigenvalue weighted by Gasteiger charge is 2.65. The summed E-state index contributed by atoms with van der Waals surface area (Å²) in [6.07, 6.45) is 1.90. The number of imide groups is 1. The zero-order valence-electron chi connectivity index (χ0n) is 19.2. The Kier molecular flexibility index (Phi) is 4.57. The molecule has 4 aromatic carbocycles. The molecule has 0 unspecified atom stereocenters. The first-order chi connectivity index (χ1) is 17.6. The zero-order chi connectivity index (χ0) is 24.4. The second-order valence-corrected chi connectivity index (χ2v) is 10.0. The number of hydrogen-bond donors (Lipinski definition) is 0. The van der Waals surface area contributed by atoms with Gasteiger partial charge in [0.25, 0.3) is 0 Å². The molecule has 6 aliphatic rings. The van der Waals surface area contributed by atoms with E-state index in [1.54, 1.807) is 24.3 Å². The Morgan fingerprint density at radius 3 is 2.25 bits per heavy atom. The molecule has 1 heterocycles. The van der Waals surface area contributed by atoms with E-state index < -0.39 is 17.3 Å². The van der Waals surface area contributed by atoms with E-state index in [9.17, 15) is 9.59 Å². The molecule has 0 saturated carbocycles. The van der Waals surface area contributed by atoms with Crippen LogP contribution < -0.4 is 4.90 Å². The number of amides is 2. The maximum Gasteiger partial charge on any atom is 0.239 e. The number of carbonyl (C=O) groups is 2. The number of benzene rings is 4. The zero-order valence-corrected chi connectivity index (χ0v) is 20.0. The van der Waals surface area contributed by atoms with Crippen molar-refractivity contribution in [2.45, 2.75) is 11.3 Å². The molecule has 0 N–H and O–H groups in total. The average molecular weight is 489 g/mol. The number of carbonyl (C=O) groups excluding carboxylic acids is 2. The van der Waals surface area contributed by atoms with Crippen molar-refractivity contribution in [2.24, 2.45) is 16.8 Å². The maximum absolute atomic E-state index is 14.4. The fraction of sp³-hybridized carbons (Fsp3) is 0.129. The molecule has 0 radical (unpaired) electrons. The van der Waals surface area contributed by atoms with Gasteiger partial charge in [-0.1, -0.05) is 90.5 Å². The van der Waals surface area contributed by atoms with Crippen molar-refractivity contribution in [3.8, 4) is 0 Å². The number of para-hydroxylation sites is 2. The van der Waals surface area contributed by atoms with Gasteiger partial charge in [0.05, 0.1) is 33.6 Å². The summed E-state index contributed by atoms with van der Waals surface area (Å²) in [5.41, 5.74) is 4.41. The quantitative estimate of drug-likeness (QED) is 0.251. The second kappa shape index (κ2) is 7.74. The minimum Gasteiger partial charge on any atom is -0.274 e. The summed E-state index contributed by atoms with van der Waals surface area (Å²) in [7, 11) is 0. The summed E-state index contributed by atoms with van der Waals surface area (Å²) >= 11 is 6.51. The molecule has 4 aromatic rings. The molecule has 0 aromatic heterocycles. The molecule has 0 spiro atoms. The van der Waals surface area contributed by atoms with Crippen molar-refractivity contribution in [1.29, 1.82) is 0 Å². The molecule has 4 nitrogen and oxygen atoms in total. The SMILES string of the molecule is O=C1[C@@H]2[C@H]3c4ccc(cc4)[C@@](C=Nc4ccccc4)(c4ccccc43)[C@@H]2C(=O)N1c1ccccc1Cl. The highest BCUT2D eigenvalue weighted by molar-refractivity contribution is 6.36. The number of nitrogens with zero attached hydrogens (tertiary/aromatic N) is 2. The van der Waals surface area contributed by atoms with Crippen LogP contribution in [0.15, 0.2) is 108 Å². The average Bonchev–Trinajstić information content (AvgIpc) is 3.16. The van der Waals surface area contributed by atoms with E-state index in [1.807, 2.05) is 48.7 Å². The van der Waals surface area contributed by atoms with Crippen LogP contribution in [0.4, 0.5) is 11.4 Å². The van der Waals surface area contributed by atoms with E-state index >= 15 is 0 Å². The monoisotopic (exact) mass is 488 g/mol. The van der Waals surface area contributed by atoms with Crippen LogP contribution in [-0.4, -0.2) is 18.0 Å². The highest BCUT2D eigenvalue weighted by Crippen LogP contribution is 2.60. The Balaban J connectivity index is 1.53. The first kappa shape index (κ1) is 21.3. The molecule has 2 amide bonds. The van der Waals surface area contributed by atoms with E-state index in [2.05, 4.69) is 36.4 Å². The lowest BCUT2D eigenvalue weighted by atomic mass is 9.52. The third kappa shape index (κ3) is 2.73. The molecule has 4 bridgehead atoms. The summed E-state index contributed by atoms with van der Waals surface area (Å²) in [6.45, 7) is 0.